The van der Waals surface area contributed by atoms with Crippen LogP contribution in [-0.4, -0.2) is 11.2 Å². The summed E-state index contributed by atoms with van der Waals surface area (Å²) in [7, 11) is 0. The summed E-state index contributed by atoms with van der Waals surface area (Å²) in [5, 5.41) is 7.60. The van der Waals surface area contributed by atoms with Crippen LogP contribution in [0.1, 0.15) is 51.1 Å². The molecule has 0 bridgehead atoms. The number of nitrogens with zero attached hydrogens (tertiary/aromatic N) is 1. The van der Waals surface area contributed by atoms with Crippen LogP contribution in [0.4, 0.5) is 0 Å². The lowest BCUT2D eigenvalue weighted by Crippen LogP contribution is -2.25. The molecule has 3 nitrogen and oxygen atoms in total. The van der Waals surface area contributed by atoms with Crippen LogP contribution in [0.5, 0.6) is 0 Å². The van der Waals surface area contributed by atoms with Crippen LogP contribution in [-0.2, 0) is 19.4 Å². The van der Waals surface area contributed by atoms with E-state index in [9.17, 15) is 0 Å². The SMILES string of the molecule is CC(C)NCc1noc2c1CC(C)(C)CC2. The molecule has 1 N–H and O–H groups in total. The van der Waals surface area contributed by atoms with Crippen molar-refractivity contribution in [2.75, 3.05) is 0 Å². The van der Waals surface area contributed by atoms with Gasteiger partial charge in [-0.1, -0.05) is 32.9 Å². The molecule has 0 unspecified atom stereocenters. The Morgan fingerprint density at radius 3 is 2.88 bits per heavy atom. The number of hydrogen-bond acceptors (Lipinski definition) is 3. The van der Waals surface area contributed by atoms with Gasteiger partial charge in [-0.25, -0.2) is 0 Å². The van der Waals surface area contributed by atoms with Gasteiger partial charge in [0.25, 0.3) is 0 Å². The number of fused-ring (bicyclic) bond motifs is 1. The van der Waals surface area contributed by atoms with Crippen LogP contribution in [0.2, 0.25) is 0 Å². The predicted octanol–water partition coefficient (Wildman–Crippen LogP) is 2.69. The van der Waals surface area contributed by atoms with Crippen molar-refractivity contribution in [1.82, 2.24) is 10.5 Å². The minimum atomic E-state index is 0.394. The zero-order valence-corrected chi connectivity index (χ0v) is 10.8. The zero-order chi connectivity index (χ0) is 11.8. The minimum absolute atomic E-state index is 0.394. The molecule has 1 aromatic rings. The summed E-state index contributed by atoms with van der Waals surface area (Å²) < 4.78 is 5.42. The number of rotatable bonds is 3. The zero-order valence-electron chi connectivity index (χ0n) is 10.8. The summed E-state index contributed by atoms with van der Waals surface area (Å²) in [5.74, 6) is 1.11. The van der Waals surface area contributed by atoms with Gasteiger partial charge < -0.3 is 9.84 Å². The van der Waals surface area contributed by atoms with Crippen molar-refractivity contribution in [2.45, 2.75) is 59.5 Å². The van der Waals surface area contributed by atoms with E-state index in [0.717, 1.165) is 30.8 Å². The molecule has 0 atom stereocenters. The van der Waals surface area contributed by atoms with Gasteiger partial charge in [-0.15, -0.1) is 0 Å². The molecule has 1 heterocycles. The molecule has 0 radical (unpaired) electrons. The lowest BCUT2D eigenvalue weighted by atomic mass is 9.76. The van der Waals surface area contributed by atoms with E-state index in [-0.39, 0.29) is 0 Å². The summed E-state index contributed by atoms with van der Waals surface area (Å²) in [6, 6.07) is 0.490. The summed E-state index contributed by atoms with van der Waals surface area (Å²) in [5.41, 5.74) is 2.85. The third-order valence-corrected chi connectivity index (χ3v) is 3.31. The van der Waals surface area contributed by atoms with Gasteiger partial charge in [0.2, 0.25) is 0 Å². The number of aromatic nitrogens is 1. The average molecular weight is 222 g/mol. The van der Waals surface area contributed by atoms with E-state index in [0.29, 0.717) is 11.5 Å². The molecular weight excluding hydrogens is 200 g/mol. The topological polar surface area (TPSA) is 38.1 Å². The van der Waals surface area contributed by atoms with Gasteiger partial charge in [-0.05, 0) is 18.3 Å². The second-order valence-electron chi connectivity index (χ2n) is 5.91. The van der Waals surface area contributed by atoms with Gasteiger partial charge in [0.05, 0.1) is 0 Å². The Hall–Kier alpha value is -0.830. The van der Waals surface area contributed by atoms with Crippen molar-refractivity contribution in [3.63, 3.8) is 0 Å². The van der Waals surface area contributed by atoms with Gasteiger partial charge in [-0.2, -0.15) is 0 Å². The van der Waals surface area contributed by atoms with Gasteiger partial charge >= 0.3 is 0 Å². The van der Waals surface area contributed by atoms with Crippen molar-refractivity contribution >= 4 is 0 Å². The summed E-state index contributed by atoms with van der Waals surface area (Å²) in [4.78, 5) is 0. The maximum atomic E-state index is 5.42. The number of nitrogens with one attached hydrogen (secondary N) is 1. The molecule has 90 valence electrons. The lowest BCUT2D eigenvalue weighted by molar-refractivity contribution is 0.282. The van der Waals surface area contributed by atoms with Gasteiger partial charge in [0.15, 0.2) is 0 Å². The quantitative estimate of drug-likeness (QED) is 0.854. The number of hydrogen-bond donors (Lipinski definition) is 1. The highest BCUT2D eigenvalue weighted by Crippen LogP contribution is 2.36. The fourth-order valence-electron chi connectivity index (χ4n) is 2.24. The molecule has 1 aliphatic carbocycles. The minimum Gasteiger partial charge on any atom is -0.361 e. The maximum Gasteiger partial charge on any atom is 0.140 e. The molecule has 0 amide bonds. The molecule has 2 rings (SSSR count). The van der Waals surface area contributed by atoms with E-state index in [1.165, 1.54) is 12.0 Å². The smallest absolute Gasteiger partial charge is 0.140 e. The first-order valence-electron chi connectivity index (χ1n) is 6.18. The maximum absolute atomic E-state index is 5.42. The molecule has 16 heavy (non-hydrogen) atoms. The van der Waals surface area contributed by atoms with Crippen LogP contribution in [0.3, 0.4) is 0 Å². The van der Waals surface area contributed by atoms with E-state index in [1.54, 1.807) is 0 Å². The Labute approximate surface area is 97.6 Å². The van der Waals surface area contributed by atoms with Crippen LogP contribution in [0.15, 0.2) is 4.52 Å². The fraction of sp³-hybridized carbons (Fsp3) is 0.769. The van der Waals surface area contributed by atoms with Crippen molar-refractivity contribution in [3.05, 3.63) is 17.0 Å². The van der Waals surface area contributed by atoms with Crippen molar-refractivity contribution < 1.29 is 4.52 Å². The summed E-state index contributed by atoms with van der Waals surface area (Å²) >= 11 is 0. The Morgan fingerprint density at radius 2 is 2.19 bits per heavy atom. The van der Waals surface area contributed by atoms with Crippen molar-refractivity contribution in [3.8, 4) is 0 Å². The first-order chi connectivity index (χ1) is 7.48. The van der Waals surface area contributed by atoms with Crippen LogP contribution in [0.25, 0.3) is 0 Å². The predicted molar refractivity (Wildman–Crippen MR) is 64.3 cm³/mol. The Morgan fingerprint density at radius 1 is 1.44 bits per heavy atom. The summed E-state index contributed by atoms with van der Waals surface area (Å²) in [6.07, 6.45) is 3.34. The highest BCUT2D eigenvalue weighted by Gasteiger charge is 2.30. The molecule has 0 spiro atoms. The van der Waals surface area contributed by atoms with E-state index in [4.69, 9.17) is 4.52 Å². The largest absolute Gasteiger partial charge is 0.361 e. The summed E-state index contributed by atoms with van der Waals surface area (Å²) in [6.45, 7) is 9.77. The second kappa shape index (κ2) is 4.21. The molecule has 3 heteroatoms. The molecular formula is C13H22N2O. The average Bonchev–Trinajstić information content (AvgIpc) is 2.55. The van der Waals surface area contributed by atoms with E-state index < -0.39 is 0 Å². The highest BCUT2D eigenvalue weighted by atomic mass is 16.5. The highest BCUT2D eigenvalue weighted by molar-refractivity contribution is 5.27. The van der Waals surface area contributed by atoms with Crippen molar-refractivity contribution in [2.24, 2.45) is 5.41 Å². The molecule has 0 saturated carbocycles. The molecule has 0 aliphatic heterocycles. The molecule has 1 aliphatic rings. The third-order valence-electron chi connectivity index (χ3n) is 3.31. The van der Waals surface area contributed by atoms with Gasteiger partial charge in [0.1, 0.15) is 11.5 Å². The van der Waals surface area contributed by atoms with E-state index in [1.807, 2.05) is 0 Å². The van der Waals surface area contributed by atoms with E-state index in [2.05, 4.69) is 38.2 Å². The Kier molecular flexibility index (Phi) is 3.06. The lowest BCUT2D eigenvalue weighted by Gasteiger charge is -2.28. The third kappa shape index (κ3) is 2.46. The fourth-order valence-corrected chi connectivity index (χ4v) is 2.24. The monoisotopic (exact) mass is 222 g/mol. The molecule has 0 saturated heterocycles. The first-order valence-corrected chi connectivity index (χ1v) is 6.18. The molecule has 1 aromatic heterocycles. The molecule has 0 fully saturated rings. The van der Waals surface area contributed by atoms with Crippen LogP contribution < -0.4 is 5.32 Å². The number of aryl methyl sites for hydroxylation is 1. The second-order valence-corrected chi connectivity index (χ2v) is 5.91. The van der Waals surface area contributed by atoms with Crippen molar-refractivity contribution in [1.29, 1.82) is 0 Å². The van der Waals surface area contributed by atoms with Gasteiger partial charge in [0, 0.05) is 24.6 Å². The molecule has 0 aromatic carbocycles. The standard InChI is InChI=1S/C13H22N2O/c1-9(2)14-8-11-10-7-13(3,4)6-5-12(10)16-15-11/h9,14H,5-8H2,1-4H3. The van der Waals surface area contributed by atoms with E-state index >= 15 is 0 Å². The Bertz CT molecular complexity index is 366. The Balaban J connectivity index is 2.14. The first kappa shape index (κ1) is 11.6. The van der Waals surface area contributed by atoms with Gasteiger partial charge in [-0.3, -0.25) is 0 Å². The van der Waals surface area contributed by atoms with Crippen LogP contribution in [0, 0.1) is 5.41 Å². The van der Waals surface area contributed by atoms with Crippen LogP contribution >= 0.6 is 0 Å². The normalized spacial score (nSPS) is 18.8.